The van der Waals surface area contributed by atoms with Crippen LogP contribution in [0.2, 0.25) is 0 Å². The predicted octanol–water partition coefficient (Wildman–Crippen LogP) is 19.4. The number of nitrogens with one attached hydrogen (secondary N) is 1. The molecule has 0 spiro atoms. The molecule has 2 unspecified atom stereocenters. The molecule has 6 heteroatoms. The van der Waals surface area contributed by atoms with Gasteiger partial charge in [-0.25, -0.2) is 0 Å². The van der Waals surface area contributed by atoms with Crippen LogP contribution < -0.4 is 5.32 Å². The second-order valence-electron chi connectivity index (χ2n) is 21.0. The molecule has 0 aromatic rings. The van der Waals surface area contributed by atoms with Gasteiger partial charge in [-0.1, -0.05) is 268 Å². The number of carbonyl (C=O) groups is 2. The molecular formula is C64H119NO5. The van der Waals surface area contributed by atoms with E-state index in [9.17, 15) is 19.8 Å². The Morgan fingerprint density at radius 2 is 0.714 bits per heavy atom. The van der Waals surface area contributed by atoms with Crippen molar-refractivity contribution in [2.75, 3.05) is 13.2 Å². The van der Waals surface area contributed by atoms with E-state index in [-0.39, 0.29) is 18.5 Å². The van der Waals surface area contributed by atoms with Gasteiger partial charge in [-0.15, -0.1) is 0 Å². The standard InChI is InChI=1S/C64H119NO5/c1-3-5-7-9-11-13-15-17-19-30-34-38-42-46-50-54-58-64(69)70-59-55-51-47-43-39-35-31-27-25-23-21-20-22-24-26-29-33-37-41-45-49-53-57-63(68)65-61(60-66)62(67)56-52-48-44-40-36-32-28-18-16-14-12-10-8-6-4-2/h13,15,19,22,24,30,52,56,61-62,66-67H,3-12,14,16-18,20-21,23,25-29,31-51,53-55,57-60H2,1-2H3,(H,65,68)/b15-13-,24-22-,30-19-,56-52+. The maximum Gasteiger partial charge on any atom is 0.305 e. The van der Waals surface area contributed by atoms with Gasteiger partial charge in [0.05, 0.1) is 25.4 Å². The summed E-state index contributed by atoms with van der Waals surface area (Å²) < 4.78 is 5.48. The molecule has 0 fully saturated rings. The average molecular weight is 983 g/mol. The van der Waals surface area contributed by atoms with E-state index in [0.29, 0.717) is 19.4 Å². The first-order valence-electron chi connectivity index (χ1n) is 30.9. The number of hydrogen-bond acceptors (Lipinski definition) is 5. The van der Waals surface area contributed by atoms with E-state index in [1.165, 1.54) is 238 Å². The van der Waals surface area contributed by atoms with E-state index in [2.05, 4.69) is 55.6 Å². The molecule has 0 heterocycles. The molecule has 0 bridgehead atoms. The Kier molecular flexibility index (Phi) is 57.5. The Bertz CT molecular complexity index is 1180. The van der Waals surface area contributed by atoms with Gasteiger partial charge in [0.15, 0.2) is 0 Å². The van der Waals surface area contributed by atoms with Crippen molar-refractivity contribution in [3.8, 4) is 0 Å². The number of carbonyl (C=O) groups excluding carboxylic acids is 2. The molecule has 1 amide bonds. The van der Waals surface area contributed by atoms with Crippen molar-refractivity contribution in [2.45, 2.75) is 334 Å². The van der Waals surface area contributed by atoms with E-state index < -0.39 is 12.1 Å². The highest BCUT2D eigenvalue weighted by atomic mass is 16.5. The van der Waals surface area contributed by atoms with Crippen molar-refractivity contribution < 1.29 is 24.5 Å². The van der Waals surface area contributed by atoms with Crippen molar-refractivity contribution in [1.29, 1.82) is 0 Å². The minimum atomic E-state index is -0.849. The van der Waals surface area contributed by atoms with Crippen LogP contribution in [-0.2, 0) is 14.3 Å². The monoisotopic (exact) mass is 982 g/mol. The van der Waals surface area contributed by atoms with Gasteiger partial charge in [0.1, 0.15) is 0 Å². The molecule has 0 aliphatic carbocycles. The summed E-state index contributed by atoms with van der Waals surface area (Å²) in [5.74, 6) is -0.0792. The van der Waals surface area contributed by atoms with Crippen LogP contribution in [0.25, 0.3) is 0 Å². The molecule has 2 atom stereocenters. The molecule has 0 aromatic carbocycles. The minimum absolute atomic E-state index is 0.00441. The smallest absolute Gasteiger partial charge is 0.305 e. The highest BCUT2D eigenvalue weighted by Gasteiger charge is 2.18. The van der Waals surface area contributed by atoms with E-state index in [4.69, 9.17) is 4.74 Å². The Labute approximate surface area is 436 Å². The summed E-state index contributed by atoms with van der Waals surface area (Å²) in [6.07, 6.45) is 75.7. The Balaban J connectivity index is 3.45. The molecule has 0 saturated carbocycles. The maximum absolute atomic E-state index is 12.5. The average Bonchev–Trinajstić information content (AvgIpc) is 3.36. The van der Waals surface area contributed by atoms with Crippen LogP contribution in [-0.4, -0.2) is 47.4 Å². The third-order valence-corrected chi connectivity index (χ3v) is 14.1. The fourth-order valence-electron chi connectivity index (χ4n) is 9.31. The van der Waals surface area contributed by atoms with Gasteiger partial charge in [-0.05, 0) is 89.9 Å². The highest BCUT2D eigenvalue weighted by Crippen LogP contribution is 2.16. The lowest BCUT2D eigenvalue weighted by molar-refractivity contribution is -0.143. The maximum atomic E-state index is 12.5. The third-order valence-electron chi connectivity index (χ3n) is 14.1. The second-order valence-corrected chi connectivity index (χ2v) is 21.0. The quantitative estimate of drug-likeness (QED) is 0.0321. The van der Waals surface area contributed by atoms with Gasteiger partial charge in [-0.2, -0.15) is 0 Å². The Hall–Kier alpha value is -2.18. The summed E-state index contributed by atoms with van der Waals surface area (Å²) in [6, 6.07) is -0.634. The zero-order chi connectivity index (χ0) is 50.7. The summed E-state index contributed by atoms with van der Waals surface area (Å²) >= 11 is 0. The summed E-state index contributed by atoms with van der Waals surface area (Å²) in [6.45, 7) is 4.88. The SMILES string of the molecule is CCCCCC/C=C\C/C=C\CCCCCCCC(=O)OCCCCCCCCCCCCC/C=C\CCCCCCCCCC(=O)NC(CO)C(O)/C=C/CCCCCCCCCCCCCCC. The van der Waals surface area contributed by atoms with Gasteiger partial charge >= 0.3 is 5.97 Å². The summed E-state index contributed by atoms with van der Waals surface area (Å²) in [4.78, 5) is 24.5. The van der Waals surface area contributed by atoms with Crippen molar-refractivity contribution in [2.24, 2.45) is 0 Å². The van der Waals surface area contributed by atoms with Crippen molar-refractivity contribution in [1.82, 2.24) is 5.32 Å². The van der Waals surface area contributed by atoms with Crippen LogP contribution in [0, 0.1) is 0 Å². The largest absolute Gasteiger partial charge is 0.466 e. The topological polar surface area (TPSA) is 95.9 Å². The molecular weight excluding hydrogens is 863 g/mol. The van der Waals surface area contributed by atoms with Crippen LogP contribution in [0.4, 0.5) is 0 Å². The van der Waals surface area contributed by atoms with Crippen LogP contribution >= 0.6 is 0 Å². The van der Waals surface area contributed by atoms with Crippen LogP contribution in [0.15, 0.2) is 48.6 Å². The number of aliphatic hydroxyl groups excluding tert-OH is 2. The van der Waals surface area contributed by atoms with Gasteiger partial charge in [0.2, 0.25) is 5.91 Å². The normalized spacial score (nSPS) is 12.9. The molecule has 3 N–H and O–H groups in total. The number of hydrogen-bond donors (Lipinski definition) is 3. The lowest BCUT2D eigenvalue weighted by Crippen LogP contribution is -2.45. The number of esters is 1. The number of allylic oxidation sites excluding steroid dienone is 7. The second kappa shape index (κ2) is 59.4. The molecule has 70 heavy (non-hydrogen) atoms. The molecule has 0 aliphatic rings. The van der Waals surface area contributed by atoms with Crippen LogP contribution in [0.1, 0.15) is 322 Å². The molecule has 0 rings (SSSR count). The first kappa shape index (κ1) is 67.8. The summed E-state index contributed by atoms with van der Waals surface area (Å²) in [5, 5.41) is 23.1. The zero-order valence-corrected chi connectivity index (χ0v) is 46.7. The van der Waals surface area contributed by atoms with Crippen LogP contribution in [0.3, 0.4) is 0 Å². The fraction of sp³-hybridized carbons (Fsp3) is 0.844. The Morgan fingerprint density at radius 3 is 1.11 bits per heavy atom. The van der Waals surface area contributed by atoms with Crippen molar-refractivity contribution >= 4 is 11.9 Å². The number of amides is 1. The highest BCUT2D eigenvalue weighted by molar-refractivity contribution is 5.76. The van der Waals surface area contributed by atoms with Crippen molar-refractivity contribution in [3.63, 3.8) is 0 Å². The lowest BCUT2D eigenvalue weighted by atomic mass is 10.0. The fourth-order valence-corrected chi connectivity index (χ4v) is 9.31. The summed E-state index contributed by atoms with van der Waals surface area (Å²) in [7, 11) is 0. The lowest BCUT2D eigenvalue weighted by Gasteiger charge is -2.20. The molecule has 410 valence electrons. The number of rotatable bonds is 57. The molecule has 0 aliphatic heterocycles. The first-order valence-corrected chi connectivity index (χ1v) is 30.9. The van der Waals surface area contributed by atoms with Gasteiger partial charge in [0, 0.05) is 12.8 Å². The molecule has 0 aromatic heterocycles. The van der Waals surface area contributed by atoms with Crippen LogP contribution in [0.5, 0.6) is 0 Å². The number of unbranched alkanes of at least 4 members (excludes halogenated alkanes) is 40. The van der Waals surface area contributed by atoms with E-state index in [1.54, 1.807) is 6.08 Å². The molecule has 0 saturated heterocycles. The van der Waals surface area contributed by atoms with Crippen molar-refractivity contribution in [3.05, 3.63) is 48.6 Å². The van der Waals surface area contributed by atoms with E-state index in [1.807, 2.05) is 6.08 Å². The Morgan fingerprint density at radius 1 is 0.400 bits per heavy atom. The van der Waals surface area contributed by atoms with Gasteiger partial charge in [0.25, 0.3) is 0 Å². The van der Waals surface area contributed by atoms with Gasteiger partial charge in [-0.3, -0.25) is 9.59 Å². The summed E-state index contributed by atoms with van der Waals surface area (Å²) in [5.41, 5.74) is 0. The first-order chi connectivity index (χ1) is 34.5. The predicted molar refractivity (Wildman–Crippen MR) is 306 cm³/mol. The number of aliphatic hydroxyl groups is 2. The minimum Gasteiger partial charge on any atom is -0.466 e. The van der Waals surface area contributed by atoms with E-state index >= 15 is 0 Å². The zero-order valence-electron chi connectivity index (χ0n) is 46.7. The van der Waals surface area contributed by atoms with E-state index in [0.717, 1.165) is 57.8 Å². The van der Waals surface area contributed by atoms with Gasteiger partial charge < -0.3 is 20.3 Å². The molecule has 0 radical (unpaired) electrons. The molecule has 6 nitrogen and oxygen atoms in total. The number of ether oxygens (including phenoxy) is 1. The third kappa shape index (κ3) is 55.1.